The third kappa shape index (κ3) is 4.99. The van der Waals surface area contributed by atoms with Gasteiger partial charge in [-0.3, -0.25) is 20.4 Å². The van der Waals surface area contributed by atoms with Crippen LogP contribution < -0.4 is 15.6 Å². The van der Waals surface area contributed by atoms with E-state index < -0.39 is 5.91 Å². The number of carbonyl (C=O) groups excluding carboxylic acids is 2. The zero-order chi connectivity index (χ0) is 17.5. The minimum absolute atomic E-state index is 0.121. The summed E-state index contributed by atoms with van der Waals surface area (Å²) in [6, 6.07) is 12.4. The fourth-order valence-electron chi connectivity index (χ4n) is 2.12. The Hall–Kier alpha value is -2.53. The van der Waals surface area contributed by atoms with E-state index in [1.165, 1.54) is 0 Å². The van der Waals surface area contributed by atoms with Crippen molar-refractivity contribution in [3.05, 3.63) is 64.2 Å². The molecule has 24 heavy (non-hydrogen) atoms. The second kappa shape index (κ2) is 8.36. The van der Waals surface area contributed by atoms with Crippen molar-refractivity contribution in [2.24, 2.45) is 0 Å². The van der Waals surface area contributed by atoms with Gasteiger partial charge in [-0.2, -0.15) is 0 Å². The lowest BCUT2D eigenvalue weighted by molar-refractivity contribution is -0.122. The highest BCUT2D eigenvalue weighted by Crippen LogP contribution is 2.18. The third-order valence-corrected chi connectivity index (χ3v) is 3.68. The van der Waals surface area contributed by atoms with Gasteiger partial charge >= 0.3 is 0 Å². The number of halogens is 1. The molecule has 2 aromatic carbocycles. The smallest absolute Gasteiger partial charge is 0.271 e. The average molecular weight is 347 g/mol. The quantitative estimate of drug-likeness (QED) is 0.817. The highest BCUT2D eigenvalue weighted by atomic mass is 35.5. The van der Waals surface area contributed by atoms with Gasteiger partial charge in [-0.15, -0.1) is 0 Å². The van der Waals surface area contributed by atoms with Crippen molar-refractivity contribution in [3.63, 3.8) is 0 Å². The monoisotopic (exact) mass is 346 g/mol. The van der Waals surface area contributed by atoms with E-state index >= 15 is 0 Å². The van der Waals surface area contributed by atoms with E-state index in [4.69, 9.17) is 16.3 Å². The van der Waals surface area contributed by atoms with Crippen LogP contribution >= 0.6 is 11.6 Å². The molecule has 5 nitrogen and oxygen atoms in total. The molecule has 0 heterocycles. The number of carbonyl (C=O) groups is 2. The maximum Gasteiger partial charge on any atom is 0.271 e. The van der Waals surface area contributed by atoms with Crippen molar-refractivity contribution in [3.8, 4) is 5.75 Å². The van der Waals surface area contributed by atoms with E-state index in [1.807, 2.05) is 32.0 Å². The zero-order valence-electron chi connectivity index (χ0n) is 13.6. The largest absolute Gasteiger partial charge is 0.493 e. The van der Waals surface area contributed by atoms with Gasteiger partial charge in [-0.25, -0.2) is 0 Å². The van der Waals surface area contributed by atoms with Crippen LogP contribution in [-0.2, 0) is 4.79 Å². The molecule has 0 saturated carbocycles. The second-order valence-electron chi connectivity index (χ2n) is 5.35. The van der Waals surface area contributed by atoms with Gasteiger partial charge in [0.25, 0.3) is 5.91 Å². The molecule has 0 bridgehead atoms. The highest BCUT2D eigenvalue weighted by Gasteiger charge is 2.10. The van der Waals surface area contributed by atoms with Gasteiger partial charge in [0.05, 0.1) is 23.6 Å². The molecule has 0 unspecified atom stereocenters. The third-order valence-electron chi connectivity index (χ3n) is 3.35. The number of aryl methyl sites for hydroxylation is 2. The standard InChI is InChI=1S/C18H19ClN2O3/c1-12-7-8-16(13(2)11-12)24-10-9-17(22)20-21-18(23)14-5-3-4-6-15(14)19/h3-8,11H,9-10H2,1-2H3,(H,20,22)(H,21,23). The fraction of sp³-hybridized carbons (Fsp3) is 0.222. The molecule has 6 heteroatoms. The molecule has 2 N–H and O–H groups in total. The van der Waals surface area contributed by atoms with Gasteiger partial charge in [0, 0.05) is 0 Å². The summed E-state index contributed by atoms with van der Waals surface area (Å²) in [5, 5.41) is 0.322. The van der Waals surface area contributed by atoms with Gasteiger partial charge in [0.1, 0.15) is 5.75 Å². The maximum absolute atomic E-state index is 11.9. The first-order valence-electron chi connectivity index (χ1n) is 7.51. The van der Waals surface area contributed by atoms with Crippen molar-refractivity contribution in [1.82, 2.24) is 10.9 Å². The summed E-state index contributed by atoms with van der Waals surface area (Å²) in [5.41, 5.74) is 7.14. The lowest BCUT2D eigenvalue weighted by atomic mass is 10.1. The maximum atomic E-state index is 11.9. The number of hydrogen-bond acceptors (Lipinski definition) is 3. The highest BCUT2D eigenvalue weighted by molar-refractivity contribution is 6.33. The average Bonchev–Trinajstić information content (AvgIpc) is 2.55. The number of hydrazine groups is 1. The van der Waals surface area contributed by atoms with Crippen LogP contribution in [0.2, 0.25) is 5.02 Å². The van der Waals surface area contributed by atoms with Gasteiger partial charge in [-0.05, 0) is 37.6 Å². The molecule has 0 fully saturated rings. The lowest BCUT2D eigenvalue weighted by Crippen LogP contribution is -2.42. The molecule has 0 aliphatic carbocycles. The van der Waals surface area contributed by atoms with Crippen LogP contribution in [0.3, 0.4) is 0 Å². The molecule has 2 amide bonds. The number of rotatable bonds is 5. The van der Waals surface area contributed by atoms with Crippen molar-refractivity contribution in [1.29, 1.82) is 0 Å². The molecular weight excluding hydrogens is 328 g/mol. The zero-order valence-corrected chi connectivity index (χ0v) is 14.3. The Balaban J connectivity index is 1.75. The number of hydrogen-bond donors (Lipinski definition) is 2. The first kappa shape index (κ1) is 17.8. The van der Waals surface area contributed by atoms with Crippen LogP contribution in [0.1, 0.15) is 27.9 Å². The molecule has 0 radical (unpaired) electrons. The predicted molar refractivity (Wildman–Crippen MR) is 93.1 cm³/mol. The van der Waals surface area contributed by atoms with E-state index in [0.29, 0.717) is 10.6 Å². The summed E-state index contributed by atoms with van der Waals surface area (Å²) in [6.07, 6.45) is 0.121. The number of benzene rings is 2. The van der Waals surface area contributed by atoms with Gasteiger partial charge in [0.15, 0.2) is 0 Å². The van der Waals surface area contributed by atoms with Gasteiger partial charge in [-0.1, -0.05) is 41.4 Å². The molecule has 0 atom stereocenters. The second-order valence-corrected chi connectivity index (χ2v) is 5.76. The van der Waals surface area contributed by atoms with E-state index in [1.54, 1.807) is 24.3 Å². The van der Waals surface area contributed by atoms with Crippen LogP contribution in [0.5, 0.6) is 5.75 Å². The summed E-state index contributed by atoms with van der Waals surface area (Å²) < 4.78 is 5.58. The Bertz CT molecular complexity index is 747. The molecule has 0 aliphatic rings. The van der Waals surface area contributed by atoms with Crippen molar-refractivity contribution in [2.75, 3.05) is 6.61 Å². The Labute approximate surface area is 145 Å². The van der Waals surface area contributed by atoms with Crippen LogP contribution in [0.25, 0.3) is 0 Å². The molecule has 0 aliphatic heterocycles. The fourth-order valence-corrected chi connectivity index (χ4v) is 2.34. The minimum Gasteiger partial charge on any atom is -0.493 e. The van der Waals surface area contributed by atoms with Crippen LogP contribution in [0.4, 0.5) is 0 Å². The summed E-state index contributed by atoms with van der Waals surface area (Å²) in [5.74, 6) is -0.0714. The number of amides is 2. The van der Waals surface area contributed by atoms with Crippen molar-refractivity contribution in [2.45, 2.75) is 20.3 Å². The minimum atomic E-state index is -0.468. The molecule has 2 rings (SSSR count). The van der Waals surface area contributed by atoms with Crippen LogP contribution in [0, 0.1) is 13.8 Å². The molecule has 0 saturated heterocycles. The summed E-state index contributed by atoms with van der Waals surface area (Å²) in [6.45, 7) is 4.18. The normalized spacial score (nSPS) is 10.1. The molecule has 0 aromatic heterocycles. The van der Waals surface area contributed by atoms with E-state index in [-0.39, 0.29) is 18.9 Å². The van der Waals surface area contributed by atoms with Crippen molar-refractivity contribution >= 4 is 23.4 Å². The topological polar surface area (TPSA) is 67.4 Å². The summed E-state index contributed by atoms with van der Waals surface area (Å²) in [4.78, 5) is 23.7. The Morgan fingerprint density at radius 3 is 2.54 bits per heavy atom. The Kier molecular flexibility index (Phi) is 6.21. The predicted octanol–water partition coefficient (Wildman–Crippen LogP) is 3.19. The lowest BCUT2D eigenvalue weighted by Gasteiger charge is -2.11. The summed E-state index contributed by atoms with van der Waals surface area (Å²) >= 11 is 5.92. The van der Waals surface area contributed by atoms with E-state index in [0.717, 1.165) is 16.9 Å². The molecule has 126 valence electrons. The van der Waals surface area contributed by atoms with Crippen molar-refractivity contribution < 1.29 is 14.3 Å². The van der Waals surface area contributed by atoms with E-state index in [2.05, 4.69) is 10.9 Å². The van der Waals surface area contributed by atoms with Gasteiger partial charge < -0.3 is 4.74 Å². The Morgan fingerprint density at radius 2 is 1.83 bits per heavy atom. The SMILES string of the molecule is Cc1ccc(OCCC(=O)NNC(=O)c2ccccc2Cl)c(C)c1. The number of ether oxygens (including phenoxy) is 1. The first-order chi connectivity index (χ1) is 11.5. The van der Waals surface area contributed by atoms with Crippen LogP contribution in [0.15, 0.2) is 42.5 Å². The van der Waals surface area contributed by atoms with Gasteiger partial charge in [0.2, 0.25) is 5.91 Å². The van der Waals surface area contributed by atoms with E-state index in [9.17, 15) is 9.59 Å². The molecular formula is C18H19ClN2O3. The Morgan fingerprint density at radius 1 is 1.08 bits per heavy atom. The number of nitrogens with one attached hydrogen (secondary N) is 2. The molecule has 0 spiro atoms. The molecule has 2 aromatic rings. The first-order valence-corrected chi connectivity index (χ1v) is 7.89. The van der Waals surface area contributed by atoms with Crippen LogP contribution in [-0.4, -0.2) is 18.4 Å². The summed E-state index contributed by atoms with van der Waals surface area (Å²) in [7, 11) is 0.